The van der Waals surface area contributed by atoms with Gasteiger partial charge in [-0.2, -0.15) is 4.37 Å². The molecule has 0 aliphatic carbocycles. The first-order valence-corrected chi connectivity index (χ1v) is 5.73. The zero-order valence-corrected chi connectivity index (χ0v) is 9.39. The molecular formula is C9H5FN2O2S2. The predicted molar refractivity (Wildman–Crippen MR) is 57.4 cm³/mol. The normalized spacial score (nSPS) is 10.3. The molecule has 1 N–H and O–H groups in total. The number of aromatic nitrogens is 2. The number of halogens is 1. The van der Waals surface area contributed by atoms with Crippen LogP contribution in [-0.4, -0.2) is 20.4 Å². The molecule has 1 aromatic heterocycles. The van der Waals surface area contributed by atoms with Gasteiger partial charge in [-0.15, -0.1) is 0 Å². The summed E-state index contributed by atoms with van der Waals surface area (Å²) in [5, 5.41) is 8.66. The van der Waals surface area contributed by atoms with E-state index in [0.29, 0.717) is 9.24 Å². The quantitative estimate of drug-likeness (QED) is 0.914. The number of hydrogen-bond acceptors (Lipinski definition) is 5. The number of carboxylic acids is 1. The molecule has 0 spiro atoms. The number of carbonyl (C=O) groups is 1. The van der Waals surface area contributed by atoms with Crippen LogP contribution in [-0.2, 0) is 0 Å². The number of nitrogens with zero attached hydrogens (tertiary/aromatic N) is 2. The standard InChI is InChI=1S/C9H5FN2O2S2/c10-6-3-5(8(13)14)1-2-7(6)15-9-11-4-12-16-9/h1-4H,(H,13,14). The minimum Gasteiger partial charge on any atom is -0.478 e. The first-order chi connectivity index (χ1) is 7.66. The molecule has 0 amide bonds. The second kappa shape index (κ2) is 4.58. The Bertz CT molecular complexity index is 516. The number of benzene rings is 1. The summed E-state index contributed by atoms with van der Waals surface area (Å²) in [6.45, 7) is 0. The summed E-state index contributed by atoms with van der Waals surface area (Å²) in [6.07, 6.45) is 1.39. The van der Waals surface area contributed by atoms with Gasteiger partial charge >= 0.3 is 5.97 Å². The fraction of sp³-hybridized carbons (Fsp3) is 0. The molecule has 0 atom stereocenters. The van der Waals surface area contributed by atoms with Gasteiger partial charge in [0.25, 0.3) is 0 Å². The van der Waals surface area contributed by atoms with E-state index in [1.807, 2.05) is 0 Å². The lowest BCUT2D eigenvalue weighted by Crippen LogP contribution is -1.97. The highest BCUT2D eigenvalue weighted by atomic mass is 32.2. The third kappa shape index (κ3) is 2.37. The number of carboxylic acid groups (broad SMARTS) is 1. The Morgan fingerprint density at radius 1 is 1.50 bits per heavy atom. The van der Waals surface area contributed by atoms with Crippen molar-refractivity contribution in [2.75, 3.05) is 0 Å². The summed E-state index contributed by atoms with van der Waals surface area (Å²) >= 11 is 2.27. The Kier molecular flexibility index (Phi) is 3.16. The molecular weight excluding hydrogens is 251 g/mol. The molecule has 0 saturated carbocycles. The molecule has 0 aliphatic heterocycles. The van der Waals surface area contributed by atoms with E-state index in [0.717, 1.165) is 29.4 Å². The van der Waals surface area contributed by atoms with Gasteiger partial charge in [0.1, 0.15) is 12.1 Å². The first-order valence-electron chi connectivity index (χ1n) is 4.14. The summed E-state index contributed by atoms with van der Waals surface area (Å²) in [5.41, 5.74) is -0.0703. The van der Waals surface area contributed by atoms with Crippen LogP contribution in [0.5, 0.6) is 0 Å². The van der Waals surface area contributed by atoms with Crippen LogP contribution >= 0.6 is 23.3 Å². The fourth-order valence-corrected chi connectivity index (χ4v) is 2.43. The number of aromatic carboxylic acids is 1. The molecule has 2 aromatic rings. The van der Waals surface area contributed by atoms with E-state index < -0.39 is 11.8 Å². The van der Waals surface area contributed by atoms with Gasteiger partial charge in [0.05, 0.1) is 10.5 Å². The van der Waals surface area contributed by atoms with Gasteiger partial charge in [0, 0.05) is 0 Å². The van der Waals surface area contributed by atoms with Crippen molar-refractivity contribution in [3.05, 3.63) is 35.9 Å². The Hall–Kier alpha value is -1.47. The Morgan fingerprint density at radius 2 is 2.31 bits per heavy atom. The zero-order valence-electron chi connectivity index (χ0n) is 7.75. The van der Waals surface area contributed by atoms with E-state index in [2.05, 4.69) is 9.36 Å². The van der Waals surface area contributed by atoms with E-state index >= 15 is 0 Å². The van der Waals surface area contributed by atoms with Gasteiger partial charge in [0.2, 0.25) is 0 Å². The van der Waals surface area contributed by atoms with Crippen molar-refractivity contribution in [3.63, 3.8) is 0 Å². The second-order valence-electron chi connectivity index (χ2n) is 2.76. The SMILES string of the molecule is O=C(O)c1ccc(Sc2ncns2)c(F)c1. The molecule has 0 saturated heterocycles. The van der Waals surface area contributed by atoms with E-state index in [1.165, 1.54) is 18.5 Å². The molecule has 0 radical (unpaired) electrons. The van der Waals surface area contributed by atoms with Crippen molar-refractivity contribution in [1.29, 1.82) is 0 Å². The summed E-state index contributed by atoms with van der Waals surface area (Å²) in [6, 6.07) is 3.77. The molecule has 16 heavy (non-hydrogen) atoms. The van der Waals surface area contributed by atoms with E-state index in [-0.39, 0.29) is 5.56 Å². The summed E-state index contributed by atoms with van der Waals surface area (Å²) in [5.74, 6) is -1.72. The van der Waals surface area contributed by atoms with Gasteiger partial charge in [0.15, 0.2) is 4.34 Å². The Labute approximate surface area is 98.3 Å². The maximum atomic E-state index is 13.5. The van der Waals surface area contributed by atoms with Crippen LogP contribution in [0.25, 0.3) is 0 Å². The second-order valence-corrected chi connectivity index (χ2v) is 4.83. The molecule has 0 bridgehead atoms. The van der Waals surface area contributed by atoms with Crippen molar-refractivity contribution in [2.24, 2.45) is 0 Å². The largest absolute Gasteiger partial charge is 0.478 e. The van der Waals surface area contributed by atoms with Gasteiger partial charge in [-0.1, -0.05) is 11.8 Å². The Balaban J connectivity index is 2.26. The summed E-state index contributed by atoms with van der Waals surface area (Å²) < 4.78 is 17.9. The van der Waals surface area contributed by atoms with Crippen LogP contribution in [0.1, 0.15) is 10.4 Å². The molecule has 4 nitrogen and oxygen atoms in total. The lowest BCUT2D eigenvalue weighted by molar-refractivity contribution is 0.0696. The van der Waals surface area contributed by atoms with Crippen molar-refractivity contribution >= 4 is 29.3 Å². The average Bonchev–Trinajstić information content (AvgIpc) is 2.73. The van der Waals surface area contributed by atoms with Crippen molar-refractivity contribution < 1.29 is 14.3 Å². The molecule has 2 rings (SSSR count). The highest BCUT2D eigenvalue weighted by Gasteiger charge is 2.10. The van der Waals surface area contributed by atoms with Gasteiger partial charge < -0.3 is 5.11 Å². The highest BCUT2D eigenvalue weighted by molar-refractivity contribution is 8.01. The third-order valence-electron chi connectivity index (χ3n) is 1.72. The highest BCUT2D eigenvalue weighted by Crippen LogP contribution is 2.30. The van der Waals surface area contributed by atoms with Crippen LogP contribution in [0.2, 0.25) is 0 Å². The number of hydrogen-bond donors (Lipinski definition) is 1. The minimum absolute atomic E-state index is 0.0703. The summed E-state index contributed by atoms with van der Waals surface area (Å²) in [4.78, 5) is 14.8. The Morgan fingerprint density at radius 3 is 2.88 bits per heavy atom. The first kappa shape index (κ1) is 11.0. The molecule has 82 valence electrons. The molecule has 0 unspecified atom stereocenters. The maximum absolute atomic E-state index is 13.5. The molecule has 0 fully saturated rings. The van der Waals surface area contributed by atoms with Crippen LogP contribution in [0.3, 0.4) is 0 Å². The monoisotopic (exact) mass is 256 g/mol. The van der Waals surface area contributed by atoms with Gasteiger partial charge in [-0.05, 0) is 29.7 Å². The molecule has 1 heterocycles. The van der Waals surface area contributed by atoms with Crippen molar-refractivity contribution in [2.45, 2.75) is 9.24 Å². The lowest BCUT2D eigenvalue weighted by Gasteiger charge is -2.00. The molecule has 7 heteroatoms. The smallest absolute Gasteiger partial charge is 0.335 e. The fourth-order valence-electron chi connectivity index (χ4n) is 1.02. The molecule has 0 aliphatic rings. The lowest BCUT2D eigenvalue weighted by atomic mass is 10.2. The van der Waals surface area contributed by atoms with E-state index in [4.69, 9.17) is 5.11 Å². The van der Waals surface area contributed by atoms with Gasteiger partial charge in [-0.3, -0.25) is 0 Å². The van der Waals surface area contributed by atoms with Crippen LogP contribution in [0.15, 0.2) is 33.8 Å². The van der Waals surface area contributed by atoms with Gasteiger partial charge in [-0.25, -0.2) is 14.2 Å². The zero-order chi connectivity index (χ0) is 11.5. The topological polar surface area (TPSA) is 63.1 Å². The van der Waals surface area contributed by atoms with Crippen LogP contribution in [0.4, 0.5) is 4.39 Å². The van der Waals surface area contributed by atoms with E-state index in [1.54, 1.807) is 0 Å². The van der Waals surface area contributed by atoms with Crippen molar-refractivity contribution in [3.8, 4) is 0 Å². The third-order valence-corrected chi connectivity index (χ3v) is 3.48. The average molecular weight is 256 g/mol. The predicted octanol–water partition coefficient (Wildman–Crippen LogP) is 2.53. The maximum Gasteiger partial charge on any atom is 0.335 e. The van der Waals surface area contributed by atoms with E-state index in [9.17, 15) is 9.18 Å². The number of rotatable bonds is 3. The summed E-state index contributed by atoms with van der Waals surface area (Å²) in [7, 11) is 0. The van der Waals surface area contributed by atoms with Crippen LogP contribution < -0.4 is 0 Å². The van der Waals surface area contributed by atoms with Crippen LogP contribution in [0, 0.1) is 5.82 Å². The minimum atomic E-state index is -1.15. The van der Waals surface area contributed by atoms with Crippen molar-refractivity contribution in [1.82, 2.24) is 9.36 Å². The molecule has 1 aromatic carbocycles.